The van der Waals surface area contributed by atoms with E-state index in [1.54, 1.807) is 6.07 Å². The van der Waals surface area contributed by atoms with E-state index in [4.69, 9.17) is 5.26 Å². The zero-order chi connectivity index (χ0) is 20.0. The highest BCUT2D eigenvalue weighted by Gasteiger charge is 2.06. The van der Waals surface area contributed by atoms with Crippen molar-refractivity contribution in [3.63, 3.8) is 0 Å². The Morgan fingerprint density at radius 3 is 1.42 bits per heavy atom. The molecule has 0 radical (unpaired) electrons. The lowest BCUT2D eigenvalue weighted by atomic mass is 9.91. The second kappa shape index (κ2) is 22.5. The third kappa shape index (κ3) is 25.7. The van der Waals surface area contributed by atoms with Crippen LogP contribution >= 0.6 is 0 Å². The van der Waals surface area contributed by atoms with Crippen molar-refractivity contribution >= 4 is 0 Å². The molecule has 0 spiro atoms. The topological polar surface area (TPSA) is 23.8 Å². The van der Waals surface area contributed by atoms with Crippen LogP contribution in [0.5, 0.6) is 0 Å². The van der Waals surface area contributed by atoms with Crippen molar-refractivity contribution in [3.05, 3.63) is 0 Å². The number of unbranched alkanes of at least 4 members (excludes halogenated alkanes) is 2. The summed E-state index contributed by atoms with van der Waals surface area (Å²) >= 11 is 0. The summed E-state index contributed by atoms with van der Waals surface area (Å²) in [7, 11) is 0. The maximum absolute atomic E-state index is 7.32. The number of hydrogen-bond acceptors (Lipinski definition) is 1. The Labute approximate surface area is 167 Å². The van der Waals surface area contributed by atoms with Crippen molar-refractivity contribution in [2.45, 2.75) is 138 Å². The van der Waals surface area contributed by atoms with E-state index in [1.165, 1.54) is 103 Å². The van der Waals surface area contributed by atoms with Gasteiger partial charge in [-0.25, -0.2) is 0 Å². The van der Waals surface area contributed by atoms with Crippen LogP contribution in [0.3, 0.4) is 0 Å². The lowest BCUT2D eigenvalue weighted by molar-refractivity contribution is 0.385. The highest BCUT2D eigenvalue weighted by Crippen LogP contribution is 2.22. The Hall–Kier alpha value is -0.510. The second-order valence-corrected chi connectivity index (χ2v) is 8.95. The highest BCUT2D eigenvalue weighted by atomic mass is 14.2. The van der Waals surface area contributed by atoms with E-state index < -0.39 is 0 Å². The van der Waals surface area contributed by atoms with Gasteiger partial charge in [0, 0.05) is 6.92 Å². The molecule has 1 heteroatoms. The molecule has 2 saturated carbocycles. The summed E-state index contributed by atoms with van der Waals surface area (Å²) in [6.07, 6.45) is 22.0. The van der Waals surface area contributed by atoms with E-state index in [0.29, 0.717) is 0 Å². The first-order chi connectivity index (χ1) is 12.5. The van der Waals surface area contributed by atoms with Crippen LogP contribution in [0, 0.1) is 29.1 Å². The number of rotatable bonds is 4. The molecule has 2 fully saturated rings. The molecule has 0 unspecified atom stereocenters. The zero-order valence-electron chi connectivity index (χ0n) is 19.3. The van der Waals surface area contributed by atoms with Crippen molar-refractivity contribution in [2.75, 3.05) is 0 Å². The fraction of sp³-hybridized carbons (Fsp3) is 0.960. The molecule has 2 aliphatic rings. The van der Waals surface area contributed by atoms with Crippen molar-refractivity contribution < 1.29 is 0 Å². The number of nitriles is 1. The molecular formula is C25H51N. The van der Waals surface area contributed by atoms with Gasteiger partial charge in [0.2, 0.25) is 0 Å². The molecule has 2 aliphatic carbocycles. The number of nitrogens with zero attached hydrogens (tertiary/aromatic N) is 1. The van der Waals surface area contributed by atoms with E-state index in [-0.39, 0.29) is 0 Å². The van der Waals surface area contributed by atoms with E-state index in [0.717, 1.165) is 17.8 Å². The standard InChI is InChI=1S/C8H16.C8H18.C7H14.C2H3N/c1-8-6-4-2-3-5-7-8;1-4-5-6-7-8(2)3;1-7-5-3-2-4-6-7;1-2-3/h8H,2-7H2,1H3;8H,4-7H2,1-3H3;7H,2-6H2,1H3;1H3. The highest BCUT2D eigenvalue weighted by molar-refractivity contribution is 4.60. The first-order valence-electron chi connectivity index (χ1n) is 11.8. The Morgan fingerprint density at radius 1 is 0.769 bits per heavy atom. The van der Waals surface area contributed by atoms with Crippen molar-refractivity contribution in [1.29, 1.82) is 5.26 Å². The average molecular weight is 366 g/mol. The minimum absolute atomic E-state index is 0.904. The predicted molar refractivity (Wildman–Crippen MR) is 119 cm³/mol. The van der Waals surface area contributed by atoms with Crippen LogP contribution in [-0.2, 0) is 0 Å². The molecule has 0 saturated heterocycles. The van der Waals surface area contributed by atoms with Gasteiger partial charge in [-0.15, -0.1) is 0 Å². The second-order valence-electron chi connectivity index (χ2n) is 8.95. The van der Waals surface area contributed by atoms with Crippen LogP contribution in [0.1, 0.15) is 138 Å². The Bertz CT molecular complexity index is 275. The summed E-state index contributed by atoms with van der Waals surface area (Å²) in [5.74, 6) is 2.97. The first kappa shape index (κ1) is 27.7. The molecule has 2 rings (SSSR count). The van der Waals surface area contributed by atoms with Crippen LogP contribution in [0.2, 0.25) is 0 Å². The molecule has 1 nitrogen and oxygen atoms in total. The summed E-state index contributed by atoms with van der Waals surface area (Å²) < 4.78 is 0. The molecule has 0 amide bonds. The number of hydrogen-bond donors (Lipinski definition) is 0. The molecule has 156 valence electrons. The fourth-order valence-electron chi connectivity index (χ4n) is 3.59. The lowest BCUT2D eigenvalue weighted by Crippen LogP contribution is -1.99. The van der Waals surface area contributed by atoms with Crippen molar-refractivity contribution in [2.24, 2.45) is 17.8 Å². The average Bonchev–Trinajstić information content (AvgIpc) is 2.85. The van der Waals surface area contributed by atoms with E-state index in [2.05, 4.69) is 34.6 Å². The van der Waals surface area contributed by atoms with Crippen molar-refractivity contribution in [1.82, 2.24) is 0 Å². The molecule has 0 heterocycles. The smallest absolute Gasteiger partial charge is 0.0587 e. The van der Waals surface area contributed by atoms with Gasteiger partial charge in [0.1, 0.15) is 0 Å². The maximum atomic E-state index is 7.32. The molecule has 0 aromatic rings. The van der Waals surface area contributed by atoms with E-state index in [1.807, 2.05) is 0 Å². The van der Waals surface area contributed by atoms with Gasteiger partial charge in [-0.05, 0) is 17.8 Å². The van der Waals surface area contributed by atoms with Crippen LogP contribution in [-0.4, -0.2) is 0 Å². The maximum Gasteiger partial charge on any atom is 0.0587 e. The Kier molecular flexibility index (Phi) is 24.0. The Balaban J connectivity index is 0. The molecule has 26 heavy (non-hydrogen) atoms. The van der Waals surface area contributed by atoms with Gasteiger partial charge in [-0.3, -0.25) is 0 Å². The predicted octanol–water partition coefficient (Wildman–Crippen LogP) is 9.32. The molecule has 0 atom stereocenters. The zero-order valence-corrected chi connectivity index (χ0v) is 19.3. The van der Waals surface area contributed by atoms with Crippen LogP contribution in [0.4, 0.5) is 0 Å². The summed E-state index contributed by atoms with van der Waals surface area (Å²) in [5.41, 5.74) is 0. The first-order valence-corrected chi connectivity index (χ1v) is 11.8. The summed E-state index contributed by atoms with van der Waals surface area (Å²) in [4.78, 5) is 0. The normalized spacial score (nSPS) is 18.1. The largest absolute Gasteiger partial charge is 0.199 e. The van der Waals surface area contributed by atoms with Crippen LogP contribution in [0.25, 0.3) is 0 Å². The van der Waals surface area contributed by atoms with Gasteiger partial charge in [0.05, 0.1) is 6.07 Å². The molecular weight excluding hydrogens is 314 g/mol. The van der Waals surface area contributed by atoms with Gasteiger partial charge in [-0.1, -0.05) is 131 Å². The fourth-order valence-corrected chi connectivity index (χ4v) is 3.59. The summed E-state index contributed by atoms with van der Waals surface area (Å²) in [6, 6.07) is 1.75. The monoisotopic (exact) mass is 365 g/mol. The summed E-state index contributed by atoms with van der Waals surface area (Å²) in [5, 5.41) is 7.32. The molecule has 0 aromatic heterocycles. The molecule has 0 N–H and O–H groups in total. The molecule has 0 aliphatic heterocycles. The van der Waals surface area contributed by atoms with Gasteiger partial charge < -0.3 is 0 Å². The van der Waals surface area contributed by atoms with Gasteiger partial charge in [-0.2, -0.15) is 5.26 Å². The lowest BCUT2D eigenvalue weighted by Gasteiger charge is -2.15. The summed E-state index contributed by atoms with van der Waals surface area (Å²) in [6.45, 7) is 13.0. The third-order valence-electron chi connectivity index (χ3n) is 5.42. The van der Waals surface area contributed by atoms with E-state index >= 15 is 0 Å². The molecule has 0 bridgehead atoms. The van der Waals surface area contributed by atoms with Gasteiger partial charge >= 0.3 is 0 Å². The SMILES string of the molecule is CC#N.CC1CCCCC1.CC1CCCCCC1.CCCCCC(C)C. The van der Waals surface area contributed by atoms with Crippen molar-refractivity contribution in [3.8, 4) is 6.07 Å². The van der Waals surface area contributed by atoms with Crippen LogP contribution in [0.15, 0.2) is 0 Å². The Morgan fingerprint density at radius 2 is 1.12 bits per heavy atom. The van der Waals surface area contributed by atoms with Gasteiger partial charge in [0.15, 0.2) is 0 Å². The quantitative estimate of drug-likeness (QED) is 0.359. The third-order valence-corrected chi connectivity index (χ3v) is 5.42. The van der Waals surface area contributed by atoms with Gasteiger partial charge in [0.25, 0.3) is 0 Å². The van der Waals surface area contributed by atoms with E-state index in [9.17, 15) is 0 Å². The minimum Gasteiger partial charge on any atom is -0.199 e. The molecule has 0 aromatic carbocycles. The van der Waals surface area contributed by atoms with Crippen LogP contribution < -0.4 is 0 Å². The minimum atomic E-state index is 0.904.